The molecule has 1 rings (SSSR count). The molecule has 1 fully saturated rings. The lowest BCUT2D eigenvalue weighted by atomic mass is 9.93. The number of rotatable bonds is 3. The van der Waals surface area contributed by atoms with Crippen molar-refractivity contribution in [2.75, 3.05) is 19.7 Å². The number of amides is 1. The molecule has 5 heteroatoms. The molecule has 0 unspecified atom stereocenters. The van der Waals surface area contributed by atoms with Crippen molar-refractivity contribution in [3.8, 4) is 0 Å². The summed E-state index contributed by atoms with van der Waals surface area (Å²) >= 11 is 0. The smallest absolute Gasteiger partial charge is 0.303 e. The quantitative estimate of drug-likeness (QED) is 0.654. The molecular weight excluding hydrogens is 210 g/mol. The second kappa shape index (κ2) is 5.63. The van der Waals surface area contributed by atoms with Crippen molar-refractivity contribution in [3.63, 3.8) is 0 Å². The number of carbonyl (C=O) groups excluding carboxylic acids is 3. The number of ether oxygens (including phenoxy) is 1. The Morgan fingerprint density at radius 1 is 1.19 bits per heavy atom. The van der Waals surface area contributed by atoms with Crippen molar-refractivity contribution >= 4 is 17.7 Å². The summed E-state index contributed by atoms with van der Waals surface area (Å²) in [5.41, 5.74) is 0. The van der Waals surface area contributed by atoms with E-state index in [1.807, 2.05) is 0 Å². The molecule has 0 atom stereocenters. The molecule has 0 aromatic carbocycles. The van der Waals surface area contributed by atoms with E-state index >= 15 is 0 Å². The van der Waals surface area contributed by atoms with E-state index in [0.717, 1.165) is 0 Å². The largest absolute Gasteiger partial charge is 0.458 e. The summed E-state index contributed by atoms with van der Waals surface area (Å²) in [6.07, 6.45) is 1.33. The summed E-state index contributed by atoms with van der Waals surface area (Å²) in [5.74, 6) is -0.506. The average molecular weight is 227 g/mol. The van der Waals surface area contributed by atoms with Crippen LogP contribution in [-0.4, -0.2) is 42.3 Å². The highest BCUT2D eigenvalue weighted by Crippen LogP contribution is 2.18. The van der Waals surface area contributed by atoms with E-state index in [9.17, 15) is 14.4 Å². The van der Waals surface area contributed by atoms with Gasteiger partial charge in [-0.15, -0.1) is 0 Å². The van der Waals surface area contributed by atoms with E-state index in [1.165, 1.54) is 13.8 Å². The van der Waals surface area contributed by atoms with Crippen LogP contribution in [0.3, 0.4) is 0 Å². The molecule has 1 saturated heterocycles. The molecule has 1 heterocycles. The van der Waals surface area contributed by atoms with Gasteiger partial charge in [-0.3, -0.25) is 14.4 Å². The van der Waals surface area contributed by atoms with Gasteiger partial charge in [0.25, 0.3) is 0 Å². The number of carbonyl (C=O) groups is 3. The molecule has 0 radical (unpaired) electrons. The molecule has 0 aromatic rings. The van der Waals surface area contributed by atoms with Crippen LogP contribution in [0.25, 0.3) is 0 Å². The fourth-order valence-electron chi connectivity index (χ4n) is 1.81. The van der Waals surface area contributed by atoms with Gasteiger partial charge in [-0.25, -0.2) is 0 Å². The second-order valence-electron chi connectivity index (χ2n) is 4.03. The standard InChI is InChI=1S/C11H17NO4/c1-8(13)12-5-3-10(4-6-12)11(15)7-16-9(2)14/h10H,3-7H2,1-2H3. The predicted molar refractivity (Wildman–Crippen MR) is 56.6 cm³/mol. The first-order chi connectivity index (χ1) is 7.50. The Labute approximate surface area is 94.7 Å². The molecule has 16 heavy (non-hydrogen) atoms. The first kappa shape index (κ1) is 12.7. The molecular formula is C11H17NO4. The lowest BCUT2D eigenvalue weighted by molar-refractivity contribution is -0.147. The van der Waals surface area contributed by atoms with Crippen molar-refractivity contribution in [3.05, 3.63) is 0 Å². The Hall–Kier alpha value is -1.39. The number of esters is 1. The second-order valence-corrected chi connectivity index (χ2v) is 4.03. The zero-order valence-corrected chi connectivity index (χ0v) is 9.69. The van der Waals surface area contributed by atoms with Crippen molar-refractivity contribution < 1.29 is 19.1 Å². The van der Waals surface area contributed by atoms with Crippen molar-refractivity contribution in [1.29, 1.82) is 0 Å². The number of hydrogen-bond donors (Lipinski definition) is 0. The SMILES string of the molecule is CC(=O)OCC(=O)C1CCN(C(C)=O)CC1. The predicted octanol–water partition coefficient (Wildman–Crippen LogP) is 0.377. The van der Waals surface area contributed by atoms with Crippen LogP contribution in [0.15, 0.2) is 0 Å². The highest BCUT2D eigenvalue weighted by atomic mass is 16.5. The van der Waals surface area contributed by atoms with Gasteiger partial charge >= 0.3 is 5.97 Å². The molecule has 0 bridgehead atoms. The van der Waals surface area contributed by atoms with Gasteiger partial charge in [0.05, 0.1) is 0 Å². The molecule has 0 spiro atoms. The monoisotopic (exact) mass is 227 g/mol. The highest BCUT2D eigenvalue weighted by Gasteiger charge is 2.26. The summed E-state index contributed by atoms with van der Waals surface area (Å²) in [4.78, 5) is 34.9. The van der Waals surface area contributed by atoms with E-state index in [-0.39, 0.29) is 24.2 Å². The van der Waals surface area contributed by atoms with Gasteiger partial charge in [-0.05, 0) is 12.8 Å². The topological polar surface area (TPSA) is 63.7 Å². The number of Topliss-reactive ketones (excluding diaryl/α,β-unsaturated/α-hetero) is 1. The van der Waals surface area contributed by atoms with E-state index in [4.69, 9.17) is 0 Å². The molecule has 0 aliphatic carbocycles. The maximum Gasteiger partial charge on any atom is 0.303 e. The third-order valence-corrected chi connectivity index (χ3v) is 2.81. The molecule has 0 N–H and O–H groups in total. The zero-order valence-electron chi connectivity index (χ0n) is 9.69. The van der Waals surface area contributed by atoms with Gasteiger partial charge < -0.3 is 9.64 Å². The van der Waals surface area contributed by atoms with Gasteiger partial charge in [0, 0.05) is 32.9 Å². The molecule has 5 nitrogen and oxygen atoms in total. The summed E-state index contributed by atoms with van der Waals surface area (Å²) in [6.45, 7) is 3.91. The van der Waals surface area contributed by atoms with Crippen molar-refractivity contribution in [2.45, 2.75) is 26.7 Å². The maximum absolute atomic E-state index is 11.6. The maximum atomic E-state index is 11.6. The van der Waals surface area contributed by atoms with Crippen LogP contribution in [0.5, 0.6) is 0 Å². The van der Waals surface area contributed by atoms with Crippen molar-refractivity contribution in [2.24, 2.45) is 5.92 Å². The van der Waals surface area contributed by atoms with E-state index in [2.05, 4.69) is 4.74 Å². The van der Waals surface area contributed by atoms with Gasteiger partial charge in [0.2, 0.25) is 5.91 Å². The van der Waals surface area contributed by atoms with E-state index in [0.29, 0.717) is 25.9 Å². The minimum atomic E-state index is -0.436. The first-order valence-electron chi connectivity index (χ1n) is 5.42. The van der Waals surface area contributed by atoms with Crippen LogP contribution in [0.2, 0.25) is 0 Å². The van der Waals surface area contributed by atoms with Crippen LogP contribution in [0.1, 0.15) is 26.7 Å². The number of likely N-dealkylation sites (tertiary alicyclic amines) is 1. The van der Waals surface area contributed by atoms with Crippen molar-refractivity contribution in [1.82, 2.24) is 4.90 Å². The number of nitrogens with zero attached hydrogens (tertiary/aromatic N) is 1. The minimum absolute atomic E-state index is 0.0431. The molecule has 90 valence electrons. The highest BCUT2D eigenvalue weighted by molar-refractivity contribution is 5.84. The Bertz CT molecular complexity index is 292. The van der Waals surface area contributed by atoms with E-state index in [1.54, 1.807) is 4.90 Å². The first-order valence-corrected chi connectivity index (χ1v) is 5.42. The van der Waals surface area contributed by atoms with E-state index < -0.39 is 5.97 Å². The lowest BCUT2D eigenvalue weighted by Gasteiger charge is -2.30. The van der Waals surface area contributed by atoms with Crippen LogP contribution in [-0.2, 0) is 19.1 Å². The average Bonchev–Trinajstić information content (AvgIpc) is 2.26. The Morgan fingerprint density at radius 3 is 2.19 bits per heavy atom. The summed E-state index contributed by atoms with van der Waals surface area (Å²) in [7, 11) is 0. The summed E-state index contributed by atoms with van der Waals surface area (Å²) < 4.78 is 4.66. The third-order valence-electron chi connectivity index (χ3n) is 2.81. The summed E-state index contributed by atoms with van der Waals surface area (Å²) in [5, 5.41) is 0. The van der Waals surface area contributed by atoms with Crippen LogP contribution < -0.4 is 0 Å². The Kier molecular flexibility index (Phi) is 4.46. The lowest BCUT2D eigenvalue weighted by Crippen LogP contribution is -2.39. The Morgan fingerprint density at radius 2 is 1.75 bits per heavy atom. The minimum Gasteiger partial charge on any atom is -0.458 e. The molecule has 1 aliphatic heterocycles. The Balaban J connectivity index is 2.33. The van der Waals surface area contributed by atoms with Gasteiger partial charge in [0.15, 0.2) is 5.78 Å². The molecule has 1 amide bonds. The number of piperidine rings is 1. The third kappa shape index (κ3) is 3.64. The van der Waals surface area contributed by atoms with Crippen LogP contribution in [0.4, 0.5) is 0 Å². The number of hydrogen-bond acceptors (Lipinski definition) is 4. The fourth-order valence-corrected chi connectivity index (χ4v) is 1.81. The van der Waals surface area contributed by atoms with Crippen LogP contribution in [0, 0.1) is 5.92 Å². The fraction of sp³-hybridized carbons (Fsp3) is 0.727. The summed E-state index contributed by atoms with van der Waals surface area (Å²) in [6, 6.07) is 0. The molecule has 0 saturated carbocycles. The van der Waals surface area contributed by atoms with Gasteiger partial charge in [-0.2, -0.15) is 0 Å². The zero-order chi connectivity index (χ0) is 12.1. The van der Waals surface area contributed by atoms with Crippen LogP contribution >= 0.6 is 0 Å². The normalized spacial score (nSPS) is 17.0. The molecule has 1 aliphatic rings. The number of ketones is 1. The van der Waals surface area contributed by atoms with Gasteiger partial charge in [0.1, 0.15) is 6.61 Å². The molecule has 0 aromatic heterocycles. The van der Waals surface area contributed by atoms with Gasteiger partial charge in [-0.1, -0.05) is 0 Å².